The van der Waals surface area contributed by atoms with Crippen molar-refractivity contribution in [2.24, 2.45) is 0 Å². The first-order valence-electron chi connectivity index (χ1n) is 9.39. The summed E-state index contributed by atoms with van der Waals surface area (Å²) in [4.78, 5) is 17.1. The SMILES string of the molecule is COc1ccc(/C=C/C(=O)c2ccccc2N(C)CCN(C)C)c(OC)c1OC. The first kappa shape index (κ1) is 22.3. The van der Waals surface area contributed by atoms with Crippen molar-refractivity contribution < 1.29 is 19.0 Å². The molecule has 0 aromatic heterocycles. The van der Waals surface area contributed by atoms with Crippen LogP contribution in [0.4, 0.5) is 5.69 Å². The van der Waals surface area contributed by atoms with E-state index in [-0.39, 0.29) is 5.78 Å². The second-order valence-corrected chi connectivity index (χ2v) is 6.86. The molecule has 29 heavy (non-hydrogen) atoms. The second kappa shape index (κ2) is 10.5. The average molecular weight is 399 g/mol. The van der Waals surface area contributed by atoms with Gasteiger partial charge in [-0.25, -0.2) is 0 Å². The number of para-hydroxylation sites is 1. The summed E-state index contributed by atoms with van der Waals surface area (Å²) < 4.78 is 16.2. The molecule has 0 bridgehead atoms. The van der Waals surface area contributed by atoms with Crippen LogP contribution in [0.5, 0.6) is 17.2 Å². The molecule has 0 spiro atoms. The van der Waals surface area contributed by atoms with Crippen LogP contribution in [-0.4, -0.2) is 66.2 Å². The van der Waals surface area contributed by atoms with Crippen LogP contribution in [0.3, 0.4) is 0 Å². The monoisotopic (exact) mass is 398 g/mol. The van der Waals surface area contributed by atoms with E-state index in [1.54, 1.807) is 39.5 Å². The number of carbonyl (C=O) groups excluding carboxylic acids is 1. The molecule has 0 saturated heterocycles. The normalized spacial score (nSPS) is 11.0. The molecule has 0 amide bonds. The van der Waals surface area contributed by atoms with E-state index in [0.29, 0.717) is 22.8 Å². The third kappa shape index (κ3) is 5.51. The van der Waals surface area contributed by atoms with Gasteiger partial charge in [0.15, 0.2) is 17.3 Å². The van der Waals surface area contributed by atoms with Gasteiger partial charge >= 0.3 is 0 Å². The minimum atomic E-state index is -0.0749. The lowest BCUT2D eigenvalue weighted by Crippen LogP contribution is -2.29. The number of methoxy groups -OCH3 is 3. The van der Waals surface area contributed by atoms with Crippen LogP contribution in [0.15, 0.2) is 42.5 Å². The van der Waals surface area contributed by atoms with Gasteiger partial charge in [0, 0.05) is 37.0 Å². The zero-order valence-corrected chi connectivity index (χ0v) is 18.1. The summed E-state index contributed by atoms with van der Waals surface area (Å²) in [6.07, 6.45) is 3.29. The largest absolute Gasteiger partial charge is 0.493 e. The van der Waals surface area contributed by atoms with Crippen LogP contribution in [0.1, 0.15) is 15.9 Å². The molecule has 0 atom stereocenters. The third-order valence-electron chi connectivity index (χ3n) is 4.61. The molecular weight excluding hydrogens is 368 g/mol. The second-order valence-electron chi connectivity index (χ2n) is 6.86. The molecule has 0 aliphatic rings. The summed E-state index contributed by atoms with van der Waals surface area (Å²) in [6.45, 7) is 1.72. The van der Waals surface area contributed by atoms with Gasteiger partial charge in [-0.1, -0.05) is 12.1 Å². The van der Waals surface area contributed by atoms with E-state index >= 15 is 0 Å². The van der Waals surface area contributed by atoms with Crippen molar-refractivity contribution in [3.8, 4) is 17.2 Å². The molecule has 2 aromatic carbocycles. The molecule has 6 nitrogen and oxygen atoms in total. The minimum Gasteiger partial charge on any atom is -0.493 e. The minimum absolute atomic E-state index is 0.0749. The van der Waals surface area contributed by atoms with E-state index < -0.39 is 0 Å². The van der Waals surface area contributed by atoms with Gasteiger partial charge in [0.05, 0.1) is 21.3 Å². The quantitative estimate of drug-likeness (QED) is 0.450. The topological polar surface area (TPSA) is 51.2 Å². The number of benzene rings is 2. The number of anilines is 1. The lowest BCUT2D eigenvalue weighted by atomic mass is 10.1. The molecular formula is C23H30N2O4. The van der Waals surface area contributed by atoms with Crippen molar-refractivity contribution in [2.75, 3.05) is 60.5 Å². The number of ketones is 1. The fraction of sp³-hybridized carbons (Fsp3) is 0.348. The Morgan fingerprint density at radius 3 is 2.21 bits per heavy atom. The van der Waals surface area contributed by atoms with Crippen LogP contribution < -0.4 is 19.1 Å². The van der Waals surface area contributed by atoms with E-state index in [1.165, 1.54) is 0 Å². The zero-order valence-electron chi connectivity index (χ0n) is 18.1. The Kier molecular flexibility index (Phi) is 8.09. The van der Waals surface area contributed by atoms with Gasteiger partial charge in [-0.05, 0) is 50.5 Å². The van der Waals surface area contributed by atoms with Crippen LogP contribution in [0.25, 0.3) is 6.08 Å². The van der Waals surface area contributed by atoms with E-state index in [0.717, 1.165) is 24.3 Å². The number of carbonyl (C=O) groups is 1. The molecule has 0 radical (unpaired) electrons. The molecule has 0 heterocycles. The summed E-state index contributed by atoms with van der Waals surface area (Å²) in [6, 6.07) is 11.3. The molecule has 2 rings (SSSR count). The van der Waals surface area contributed by atoms with E-state index in [9.17, 15) is 4.79 Å². The van der Waals surface area contributed by atoms with Crippen LogP contribution in [0, 0.1) is 0 Å². The lowest BCUT2D eigenvalue weighted by molar-refractivity contribution is 0.104. The molecule has 2 aromatic rings. The summed E-state index contributed by atoms with van der Waals surface area (Å²) in [5.74, 6) is 1.51. The Balaban J connectivity index is 2.31. The number of ether oxygens (including phenoxy) is 3. The Hall–Kier alpha value is -2.99. The summed E-state index contributed by atoms with van der Waals surface area (Å²) in [5, 5.41) is 0. The standard InChI is InChI=1S/C23H30N2O4/c1-24(2)15-16-25(3)19-10-8-7-9-18(19)20(26)13-11-17-12-14-21(27-4)23(29-6)22(17)28-5/h7-14H,15-16H2,1-6H3/b13-11+. The van der Waals surface area contributed by atoms with Gasteiger partial charge in [0.2, 0.25) is 5.75 Å². The van der Waals surface area contributed by atoms with E-state index in [1.807, 2.05) is 51.5 Å². The van der Waals surface area contributed by atoms with Gasteiger partial charge < -0.3 is 24.0 Å². The van der Waals surface area contributed by atoms with Crippen molar-refractivity contribution in [1.82, 2.24) is 4.90 Å². The van der Waals surface area contributed by atoms with Crippen molar-refractivity contribution >= 4 is 17.5 Å². The molecule has 0 aliphatic heterocycles. The highest BCUT2D eigenvalue weighted by Gasteiger charge is 2.16. The number of allylic oxidation sites excluding steroid dienone is 1. The molecule has 0 fully saturated rings. The third-order valence-corrected chi connectivity index (χ3v) is 4.61. The summed E-state index contributed by atoms with van der Waals surface area (Å²) in [7, 11) is 10.7. The highest BCUT2D eigenvalue weighted by atomic mass is 16.5. The number of hydrogen-bond acceptors (Lipinski definition) is 6. The van der Waals surface area contributed by atoms with Crippen LogP contribution in [-0.2, 0) is 0 Å². The van der Waals surface area contributed by atoms with Crippen molar-refractivity contribution in [2.45, 2.75) is 0 Å². The predicted molar refractivity (Wildman–Crippen MR) is 118 cm³/mol. The van der Waals surface area contributed by atoms with Crippen molar-refractivity contribution in [3.63, 3.8) is 0 Å². The number of rotatable bonds is 10. The van der Waals surface area contributed by atoms with Crippen molar-refractivity contribution in [3.05, 3.63) is 53.6 Å². The molecule has 0 aliphatic carbocycles. The Bertz CT molecular complexity index is 862. The van der Waals surface area contributed by atoms with E-state index in [2.05, 4.69) is 9.80 Å². The van der Waals surface area contributed by atoms with Gasteiger partial charge in [-0.3, -0.25) is 4.79 Å². The Labute approximate surface area is 173 Å². The predicted octanol–water partition coefficient (Wildman–Crippen LogP) is 3.61. The van der Waals surface area contributed by atoms with E-state index in [4.69, 9.17) is 14.2 Å². The maximum Gasteiger partial charge on any atom is 0.203 e. The van der Waals surface area contributed by atoms with Gasteiger partial charge in [-0.15, -0.1) is 0 Å². The van der Waals surface area contributed by atoms with Gasteiger partial charge in [0.25, 0.3) is 0 Å². The summed E-state index contributed by atoms with van der Waals surface area (Å²) in [5.41, 5.74) is 2.30. The fourth-order valence-electron chi connectivity index (χ4n) is 3.00. The number of nitrogens with zero attached hydrogens (tertiary/aromatic N) is 2. The summed E-state index contributed by atoms with van der Waals surface area (Å²) >= 11 is 0. The maximum atomic E-state index is 12.9. The first-order valence-corrected chi connectivity index (χ1v) is 9.39. The zero-order chi connectivity index (χ0) is 21.4. The average Bonchev–Trinajstić information content (AvgIpc) is 2.74. The maximum absolute atomic E-state index is 12.9. The smallest absolute Gasteiger partial charge is 0.203 e. The fourth-order valence-corrected chi connectivity index (χ4v) is 3.00. The molecule has 0 saturated carbocycles. The lowest BCUT2D eigenvalue weighted by Gasteiger charge is -2.23. The molecule has 0 N–H and O–H groups in total. The van der Waals surface area contributed by atoms with Crippen LogP contribution >= 0.6 is 0 Å². The molecule has 0 unspecified atom stereocenters. The number of likely N-dealkylation sites (N-methyl/N-ethyl adjacent to an activating group) is 2. The van der Waals surface area contributed by atoms with Gasteiger partial charge in [0.1, 0.15) is 0 Å². The van der Waals surface area contributed by atoms with Crippen molar-refractivity contribution in [1.29, 1.82) is 0 Å². The Morgan fingerprint density at radius 2 is 1.59 bits per heavy atom. The highest BCUT2D eigenvalue weighted by molar-refractivity contribution is 6.10. The molecule has 6 heteroatoms. The number of hydrogen-bond donors (Lipinski definition) is 0. The molecule has 156 valence electrons. The Morgan fingerprint density at radius 1 is 0.897 bits per heavy atom. The van der Waals surface area contributed by atoms with Crippen LogP contribution in [0.2, 0.25) is 0 Å². The van der Waals surface area contributed by atoms with Gasteiger partial charge in [-0.2, -0.15) is 0 Å². The highest BCUT2D eigenvalue weighted by Crippen LogP contribution is 2.40. The first-order chi connectivity index (χ1) is 13.9.